The molecule has 0 radical (unpaired) electrons. The molecule has 0 bridgehead atoms. The van der Waals surface area contributed by atoms with Gasteiger partial charge >= 0.3 is 0 Å². The quantitative estimate of drug-likeness (QED) is 0.613. The number of aromatic nitrogens is 1. The highest BCUT2D eigenvalue weighted by molar-refractivity contribution is 9.10. The van der Waals surface area contributed by atoms with Crippen LogP contribution >= 0.6 is 27.7 Å². The zero-order valence-corrected chi connectivity index (χ0v) is 11.4. The molecule has 0 aliphatic heterocycles. The summed E-state index contributed by atoms with van der Waals surface area (Å²) >= 11 is 5.14. The van der Waals surface area contributed by atoms with Crippen molar-refractivity contribution in [1.82, 2.24) is 4.98 Å². The minimum Gasteiger partial charge on any atom is -0.235 e. The van der Waals surface area contributed by atoms with Crippen molar-refractivity contribution in [3.63, 3.8) is 0 Å². The normalized spacial score (nSPS) is 10.4. The number of hydrogen-bond acceptors (Lipinski definition) is 2. The Morgan fingerprint density at radius 2 is 1.94 bits per heavy atom. The van der Waals surface area contributed by atoms with E-state index in [4.69, 9.17) is 0 Å². The summed E-state index contributed by atoms with van der Waals surface area (Å²) in [5.41, 5.74) is 2.71. The van der Waals surface area contributed by atoms with E-state index >= 15 is 0 Å². The van der Waals surface area contributed by atoms with Crippen LogP contribution in [0.1, 0.15) is 11.1 Å². The van der Waals surface area contributed by atoms with Crippen LogP contribution in [-0.2, 0) is 5.75 Å². The lowest BCUT2D eigenvalue weighted by Crippen LogP contribution is -1.86. The second-order valence-electron chi connectivity index (χ2n) is 3.51. The third-order valence-corrected chi connectivity index (χ3v) is 3.75. The zero-order chi connectivity index (χ0) is 11.4. The van der Waals surface area contributed by atoms with Gasteiger partial charge in [0.05, 0.1) is 5.03 Å². The van der Waals surface area contributed by atoms with Crippen LogP contribution in [0.3, 0.4) is 0 Å². The van der Waals surface area contributed by atoms with E-state index < -0.39 is 0 Å². The van der Waals surface area contributed by atoms with Gasteiger partial charge in [0.1, 0.15) is 4.60 Å². The van der Waals surface area contributed by atoms with Crippen LogP contribution in [0.4, 0.5) is 0 Å². The van der Waals surface area contributed by atoms with Crippen molar-refractivity contribution in [1.29, 1.82) is 0 Å². The predicted octanol–water partition coefficient (Wildman–Crippen LogP) is 4.44. The van der Waals surface area contributed by atoms with Crippen LogP contribution < -0.4 is 0 Å². The average molecular weight is 294 g/mol. The minimum atomic E-state index is 0.891. The molecule has 0 N–H and O–H groups in total. The van der Waals surface area contributed by atoms with E-state index in [1.54, 1.807) is 11.8 Å². The molecule has 16 heavy (non-hydrogen) atoms. The maximum absolute atomic E-state index is 4.40. The first-order valence-electron chi connectivity index (χ1n) is 5.05. The smallest absolute Gasteiger partial charge is 0.107 e. The highest BCUT2D eigenvalue weighted by Gasteiger charge is 2.00. The van der Waals surface area contributed by atoms with E-state index in [2.05, 4.69) is 52.1 Å². The van der Waals surface area contributed by atoms with Crippen LogP contribution in [0.25, 0.3) is 0 Å². The van der Waals surface area contributed by atoms with Gasteiger partial charge in [-0.15, -0.1) is 11.8 Å². The molecule has 0 saturated heterocycles. The summed E-state index contributed by atoms with van der Waals surface area (Å²) < 4.78 is 0.891. The van der Waals surface area contributed by atoms with E-state index in [0.717, 1.165) is 15.4 Å². The zero-order valence-electron chi connectivity index (χ0n) is 8.98. The number of rotatable bonds is 3. The van der Waals surface area contributed by atoms with E-state index in [0.29, 0.717) is 0 Å². The van der Waals surface area contributed by atoms with Gasteiger partial charge in [0.2, 0.25) is 0 Å². The van der Waals surface area contributed by atoms with E-state index in [9.17, 15) is 0 Å². The topological polar surface area (TPSA) is 12.9 Å². The maximum atomic E-state index is 4.40. The summed E-state index contributed by atoms with van der Waals surface area (Å²) in [6, 6.07) is 14.4. The predicted molar refractivity (Wildman–Crippen MR) is 72.7 cm³/mol. The minimum absolute atomic E-state index is 0.891. The van der Waals surface area contributed by atoms with Gasteiger partial charge in [-0.1, -0.05) is 30.3 Å². The summed E-state index contributed by atoms with van der Waals surface area (Å²) in [6.45, 7) is 2.14. The van der Waals surface area contributed by atoms with Crippen LogP contribution in [-0.4, -0.2) is 4.98 Å². The molecular weight excluding hydrogens is 282 g/mol. The lowest BCUT2D eigenvalue weighted by molar-refractivity contribution is 1.10. The van der Waals surface area contributed by atoms with Crippen molar-refractivity contribution in [2.45, 2.75) is 17.7 Å². The molecule has 3 heteroatoms. The monoisotopic (exact) mass is 293 g/mol. The number of nitrogens with zero attached hydrogens (tertiary/aromatic N) is 1. The molecule has 0 amide bonds. The van der Waals surface area contributed by atoms with Crippen LogP contribution in [0.15, 0.2) is 52.1 Å². The largest absolute Gasteiger partial charge is 0.235 e. The van der Waals surface area contributed by atoms with Crippen molar-refractivity contribution in [3.8, 4) is 0 Å². The van der Waals surface area contributed by atoms with Crippen molar-refractivity contribution in [3.05, 3.63) is 58.2 Å². The first kappa shape index (κ1) is 11.7. The molecule has 0 aliphatic rings. The third-order valence-electron chi connectivity index (χ3n) is 2.33. The fraction of sp³-hybridized carbons (Fsp3) is 0.154. The van der Waals surface area contributed by atoms with Gasteiger partial charge < -0.3 is 0 Å². The lowest BCUT2D eigenvalue weighted by Gasteiger charge is -2.04. The van der Waals surface area contributed by atoms with Crippen molar-refractivity contribution >= 4 is 27.7 Å². The van der Waals surface area contributed by atoms with E-state index in [1.807, 2.05) is 18.2 Å². The summed E-state index contributed by atoms with van der Waals surface area (Å²) in [4.78, 5) is 4.40. The van der Waals surface area contributed by atoms with Gasteiger partial charge in [-0.3, -0.25) is 0 Å². The van der Waals surface area contributed by atoms with E-state index in [1.165, 1.54) is 11.1 Å². The van der Waals surface area contributed by atoms with Gasteiger partial charge in [0, 0.05) is 5.75 Å². The molecule has 2 rings (SSSR count). The standard InChI is InChI=1S/C13H12BrNS/c1-10-5-2-3-6-11(10)9-16-13-8-4-7-12(14)15-13/h2-8H,9H2,1H3. The van der Waals surface area contributed by atoms with Crippen LogP contribution in [0.2, 0.25) is 0 Å². The van der Waals surface area contributed by atoms with Crippen LogP contribution in [0.5, 0.6) is 0 Å². The Labute approximate surface area is 108 Å². The number of hydrogen-bond donors (Lipinski definition) is 0. The molecule has 0 unspecified atom stereocenters. The molecule has 0 atom stereocenters. The Bertz CT molecular complexity index is 485. The third kappa shape index (κ3) is 3.09. The molecule has 1 aromatic carbocycles. The summed E-state index contributed by atoms with van der Waals surface area (Å²) in [6.07, 6.45) is 0. The van der Waals surface area contributed by atoms with Crippen molar-refractivity contribution in [2.75, 3.05) is 0 Å². The first-order chi connectivity index (χ1) is 7.75. The number of benzene rings is 1. The van der Waals surface area contributed by atoms with Gasteiger partial charge in [-0.25, -0.2) is 4.98 Å². The molecule has 1 heterocycles. The molecule has 1 nitrogen and oxygen atoms in total. The molecule has 0 saturated carbocycles. The Morgan fingerprint density at radius 3 is 2.69 bits per heavy atom. The van der Waals surface area contributed by atoms with Crippen LogP contribution in [0, 0.1) is 6.92 Å². The molecular formula is C13H12BrNS. The second kappa shape index (κ2) is 5.51. The number of thioether (sulfide) groups is 1. The Balaban J connectivity index is 2.05. The number of pyridine rings is 1. The van der Waals surface area contributed by atoms with Gasteiger partial charge in [0.15, 0.2) is 0 Å². The lowest BCUT2D eigenvalue weighted by atomic mass is 10.1. The first-order valence-corrected chi connectivity index (χ1v) is 6.83. The second-order valence-corrected chi connectivity index (χ2v) is 5.32. The molecule has 0 fully saturated rings. The molecule has 82 valence electrons. The van der Waals surface area contributed by atoms with Crippen molar-refractivity contribution < 1.29 is 0 Å². The SMILES string of the molecule is Cc1ccccc1CSc1cccc(Br)n1. The number of halogens is 1. The number of aryl methyl sites for hydroxylation is 1. The Morgan fingerprint density at radius 1 is 1.12 bits per heavy atom. The fourth-order valence-electron chi connectivity index (χ4n) is 1.39. The van der Waals surface area contributed by atoms with Gasteiger partial charge in [-0.2, -0.15) is 0 Å². The summed E-state index contributed by atoms with van der Waals surface area (Å²) in [5.74, 6) is 0.968. The Hall–Kier alpha value is -0.800. The highest BCUT2D eigenvalue weighted by atomic mass is 79.9. The van der Waals surface area contributed by atoms with Gasteiger partial charge in [-0.05, 0) is 46.1 Å². The maximum Gasteiger partial charge on any atom is 0.107 e. The fourth-order valence-corrected chi connectivity index (χ4v) is 2.82. The van der Waals surface area contributed by atoms with Gasteiger partial charge in [0.25, 0.3) is 0 Å². The molecule has 1 aromatic heterocycles. The van der Waals surface area contributed by atoms with Crippen molar-refractivity contribution in [2.24, 2.45) is 0 Å². The highest BCUT2D eigenvalue weighted by Crippen LogP contribution is 2.23. The Kier molecular flexibility index (Phi) is 4.02. The molecule has 2 aromatic rings. The average Bonchev–Trinajstić information content (AvgIpc) is 2.28. The summed E-state index contributed by atoms with van der Waals surface area (Å²) in [7, 11) is 0. The molecule has 0 spiro atoms. The van der Waals surface area contributed by atoms with E-state index in [-0.39, 0.29) is 0 Å². The molecule has 0 aliphatic carbocycles. The summed E-state index contributed by atoms with van der Waals surface area (Å²) in [5, 5.41) is 1.05.